The number of amides is 1. The number of nitrogens with one attached hydrogen (secondary N) is 3. The minimum Gasteiger partial charge on any atom is -0.379 e. The molecule has 4 aromatic rings. The third-order valence-electron chi connectivity index (χ3n) is 5.41. The van der Waals surface area contributed by atoms with Crippen molar-refractivity contribution in [2.24, 2.45) is 5.92 Å². The fraction of sp³-hybridized carbons (Fsp3) is 0.333. The van der Waals surface area contributed by atoms with E-state index in [1.165, 1.54) is 0 Å². The molecule has 0 unspecified atom stereocenters. The monoisotopic (exact) mass is 425 g/mol. The van der Waals surface area contributed by atoms with Gasteiger partial charge in [-0.15, -0.1) is 0 Å². The normalized spacial score (nSPS) is 18.1. The summed E-state index contributed by atoms with van der Waals surface area (Å²) < 4.78 is 30.1. The van der Waals surface area contributed by atoms with Crippen molar-refractivity contribution in [1.82, 2.24) is 24.6 Å². The van der Waals surface area contributed by atoms with E-state index in [4.69, 9.17) is 0 Å². The van der Waals surface area contributed by atoms with Crippen LogP contribution in [0.2, 0.25) is 0 Å². The van der Waals surface area contributed by atoms with Crippen molar-refractivity contribution in [3.8, 4) is 11.3 Å². The van der Waals surface area contributed by atoms with E-state index in [1.807, 2.05) is 13.8 Å². The first-order valence-corrected chi connectivity index (χ1v) is 10.0. The molecular formula is C21H21F2N7O. The van der Waals surface area contributed by atoms with Gasteiger partial charge in [0.05, 0.1) is 41.4 Å². The Bertz CT molecular complexity index is 1330. The van der Waals surface area contributed by atoms with Crippen molar-refractivity contribution in [2.45, 2.75) is 39.4 Å². The molecule has 0 saturated heterocycles. The Kier molecular flexibility index (Phi) is 4.38. The van der Waals surface area contributed by atoms with E-state index in [0.717, 1.165) is 5.39 Å². The number of H-pyrrole nitrogens is 1. The quantitative estimate of drug-likeness (QED) is 0.451. The van der Waals surface area contributed by atoms with Crippen LogP contribution in [0.5, 0.6) is 0 Å². The highest BCUT2D eigenvalue weighted by Crippen LogP contribution is 2.38. The number of fused-ring (bicyclic) bond motifs is 2. The van der Waals surface area contributed by atoms with Crippen LogP contribution in [0.25, 0.3) is 27.8 Å². The Balaban J connectivity index is 1.57. The zero-order valence-electron chi connectivity index (χ0n) is 17.2. The third-order valence-corrected chi connectivity index (χ3v) is 5.41. The fourth-order valence-electron chi connectivity index (χ4n) is 3.77. The van der Waals surface area contributed by atoms with Gasteiger partial charge in [0.15, 0.2) is 17.3 Å². The molecule has 1 amide bonds. The number of carbonyl (C=O) groups excluding carboxylic acids is 1. The van der Waals surface area contributed by atoms with Crippen LogP contribution in [0.15, 0.2) is 24.8 Å². The second-order valence-corrected chi connectivity index (χ2v) is 8.16. The van der Waals surface area contributed by atoms with Crippen LogP contribution in [-0.2, 0) is 4.79 Å². The minimum atomic E-state index is -1.08. The van der Waals surface area contributed by atoms with E-state index in [1.54, 1.807) is 36.1 Å². The van der Waals surface area contributed by atoms with Crippen LogP contribution >= 0.6 is 0 Å². The fourth-order valence-corrected chi connectivity index (χ4v) is 3.77. The molecule has 31 heavy (non-hydrogen) atoms. The Labute approximate surface area is 176 Å². The molecule has 5 rings (SSSR count). The lowest BCUT2D eigenvalue weighted by atomic mass is 9.99. The topological polar surface area (TPSA) is 100 Å². The number of alkyl halides is 1. The van der Waals surface area contributed by atoms with Crippen molar-refractivity contribution in [2.75, 3.05) is 10.6 Å². The number of rotatable bonds is 5. The summed E-state index contributed by atoms with van der Waals surface area (Å²) in [7, 11) is 0. The molecule has 1 fully saturated rings. The highest BCUT2D eigenvalue weighted by molar-refractivity contribution is 6.02. The molecule has 0 bridgehead atoms. The summed E-state index contributed by atoms with van der Waals surface area (Å²) in [6.45, 7) is 5.58. The molecule has 1 aliphatic carbocycles. The zero-order chi connectivity index (χ0) is 21.9. The van der Waals surface area contributed by atoms with Gasteiger partial charge in [-0.2, -0.15) is 5.10 Å². The third kappa shape index (κ3) is 3.28. The van der Waals surface area contributed by atoms with Crippen LogP contribution in [0.1, 0.15) is 25.8 Å². The number of carbonyl (C=O) groups is 1. The van der Waals surface area contributed by atoms with Gasteiger partial charge in [-0.05, 0) is 32.8 Å². The molecule has 1 aromatic carbocycles. The van der Waals surface area contributed by atoms with Crippen molar-refractivity contribution in [3.63, 3.8) is 0 Å². The largest absolute Gasteiger partial charge is 0.379 e. The molecule has 10 heteroatoms. The maximum absolute atomic E-state index is 15.3. The van der Waals surface area contributed by atoms with E-state index in [9.17, 15) is 9.18 Å². The Hall–Kier alpha value is -3.56. The number of aromatic nitrogens is 5. The van der Waals surface area contributed by atoms with Crippen molar-refractivity contribution in [3.05, 3.63) is 36.2 Å². The van der Waals surface area contributed by atoms with Crippen molar-refractivity contribution >= 4 is 34.0 Å². The maximum atomic E-state index is 15.3. The predicted octanol–water partition coefficient (Wildman–Crippen LogP) is 3.84. The Morgan fingerprint density at radius 3 is 2.81 bits per heavy atom. The molecule has 8 nitrogen and oxygen atoms in total. The first-order valence-electron chi connectivity index (χ1n) is 10.0. The average Bonchev–Trinajstić information content (AvgIpc) is 3.11. The van der Waals surface area contributed by atoms with Gasteiger partial charge < -0.3 is 15.0 Å². The van der Waals surface area contributed by atoms with Gasteiger partial charge in [0, 0.05) is 23.2 Å². The van der Waals surface area contributed by atoms with Crippen LogP contribution in [0.3, 0.4) is 0 Å². The number of hydrogen-bond donors (Lipinski definition) is 3. The Morgan fingerprint density at radius 2 is 2.10 bits per heavy atom. The molecular weight excluding hydrogens is 404 g/mol. The highest BCUT2D eigenvalue weighted by Gasteiger charge is 2.43. The second kappa shape index (κ2) is 7.00. The maximum Gasteiger partial charge on any atom is 0.231 e. The smallest absolute Gasteiger partial charge is 0.231 e. The summed E-state index contributed by atoms with van der Waals surface area (Å²) in [6, 6.07) is 0.0450. The van der Waals surface area contributed by atoms with E-state index in [0.29, 0.717) is 39.5 Å². The van der Waals surface area contributed by atoms with Crippen molar-refractivity contribution in [1.29, 1.82) is 0 Å². The van der Waals surface area contributed by atoms with Crippen LogP contribution in [0, 0.1) is 18.7 Å². The highest BCUT2D eigenvalue weighted by atomic mass is 19.1. The van der Waals surface area contributed by atoms with Gasteiger partial charge >= 0.3 is 0 Å². The van der Waals surface area contributed by atoms with E-state index >= 15 is 4.39 Å². The number of halogens is 2. The average molecular weight is 425 g/mol. The van der Waals surface area contributed by atoms with Crippen LogP contribution in [0.4, 0.5) is 20.3 Å². The molecule has 1 aliphatic rings. The summed E-state index contributed by atoms with van der Waals surface area (Å²) in [5, 5.41) is 13.5. The summed E-state index contributed by atoms with van der Waals surface area (Å²) in [5.74, 6) is -1.03. The molecule has 160 valence electrons. The van der Waals surface area contributed by atoms with E-state index in [2.05, 4.69) is 30.8 Å². The zero-order valence-corrected chi connectivity index (χ0v) is 17.2. The molecule has 3 N–H and O–H groups in total. The second-order valence-electron chi connectivity index (χ2n) is 8.16. The number of anilines is 2. The molecule has 2 atom stereocenters. The summed E-state index contributed by atoms with van der Waals surface area (Å²) in [4.78, 5) is 20.8. The molecule has 0 aliphatic heterocycles. The Morgan fingerprint density at radius 1 is 1.32 bits per heavy atom. The standard InChI is InChI=1S/C21H21F2N7O/c1-9(2)26-20-18(23)10(3)17(12-5-25-29-19(12)20)14-7-30-8-15(27-16(30)6-24-14)28-21(31)11-4-13(11)22/h5-9,11,13,26H,4H2,1-3H3,(H,25,29)(H,28,31)/t11-,13-/m1/s1. The predicted molar refractivity (Wildman–Crippen MR) is 113 cm³/mol. The van der Waals surface area contributed by atoms with Gasteiger partial charge in [-0.1, -0.05) is 0 Å². The van der Waals surface area contributed by atoms with E-state index in [-0.39, 0.29) is 24.2 Å². The first kappa shape index (κ1) is 19.4. The molecule has 0 radical (unpaired) electrons. The van der Waals surface area contributed by atoms with E-state index < -0.39 is 12.1 Å². The summed E-state index contributed by atoms with van der Waals surface area (Å²) in [6.07, 6.45) is 5.71. The van der Waals surface area contributed by atoms with Gasteiger partial charge in [-0.3, -0.25) is 14.9 Å². The number of hydrogen-bond acceptors (Lipinski definition) is 5. The van der Waals surface area contributed by atoms with Gasteiger partial charge in [0.2, 0.25) is 5.91 Å². The van der Waals surface area contributed by atoms with Crippen molar-refractivity contribution < 1.29 is 13.6 Å². The molecule has 3 aromatic heterocycles. The number of imidazole rings is 1. The lowest BCUT2D eigenvalue weighted by Gasteiger charge is -2.16. The molecule has 3 heterocycles. The number of nitrogens with zero attached hydrogens (tertiary/aromatic N) is 4. The first-order chi connectivity index (χ1) is 14.8. The lowest BCUT2D eigenvalue weighted by Crippen LogP contribution is -2.15. The lowest BCUT2D eigenvalue weighted by molar-refractivity contribution is -0.117. The minimum absolute atomic E-state index is 0.0450. The molecule has 1 saturated carbocycles. The number of benzene rings is 1. The van der Waals surface area contributed by atoms with Crippen LogP contribution in [-0.4, -0.2) is 42.7 Å². The molecule has 0 spiro atoms. The summed E-state index contributed by atoms with van der Waals surface area (Å²) in [5.41, 5.74) is 3.05. The van der Waals surface area contributed by atoms with Gasteiger partial charge in [0.25, 0.3) is 0 Å². The van der Waals surface area contributed by atoms with Gasteiger partial charge in [0.1, 0.15) is 6.17 Å². The van der Waals surface area contributed by atoms with Gasteiger partial charge in [-0.25, -0.2) is 13.8 Å². The number of aromatic amines is 1. The SMILES string of the molecule is Cc1c(F)c(NC(C)C)c2[nH]ncc2c1-c1cn2cc(NC(=O)[C@@H]3C[C@H]3F)nc2cn1. The van der Waals surface area contributed by atoms with Crippen LogP contribution < -0.4 is 10.6 Å². The summed E-state index contributed by atoms with van der Waals surface area (Å²) >= 11 is 0.